The van der Waals surface area contributed by atoms with Crippen LogP contribution in [0.5, 0.6) is 0 Å². The molecule has 19 heavy (non-hydrogen) atoms. The van der Waals surface area contributed by atoms with E-state index < -0.39 is 5.97 Å². The van der Waals surface area contributed by atoms with E-state index >= 15 is 0 Å². The molecule has 2 fully saturated rings. The molecule has 3 unspecified atom stereocenters. The summed E-state index contributed by atoms with van der Waals surface area (Å²) in [4.78, 5) is 22.0. The predicted octanol–water partition coefficient (Wildman–Crippen LogP) is 1.42. The molecule has 2 N–H and O–H groups in total. The zero-order valence-electron chi connectivity index (χ0n) is 11.3. The topological polar surface area (TPSA) is 75.6 Å². The van der Waals surface area contributed by atoms with E-state index in [0.717, 1.165) is 11.8 Å². The minimum absolute atomic E-state index is 0.0130. The number of hydrogen-bond acceptors (Lipinski definition) is 3. The summed E-state index contributed by atoms with van der Waals surface area (Å²) in [6.45, 7) is 1.06. The normalized spacial score (nSPS) is 28.5. The summed E-state index contributed by atoms with van der Waals surface area (Å²) in [7, 11) is 0. The Morgan fingerprint density at radius 1 is 1.21 bits per heavy atom. The molecule has 2 saturated carbocycles. The van der Waals surface area contributed by atoms with E-state index in [2.05, 4.69) is 5.32 Å². The van der Waals surface area contributed by atoms with Gasteiger partial charge in [0.2, 0.25) is 5.91 Å². The van der Waals surface area contributed by atoms with E-state index in [9.17, 15) is 9.59 Å². The van der Waals surface area contributed by atoms with Gasteiger partial charge in [0.05, 0.1) is 19.6 Å². The first kappa shape index (κ1) is 14.3. The van der Waals surface area contributed by atoms with Gasteiger partial charge in [-0.2, -0.15) is 0 Å². The molecular weight excluding hydrogens is 246 g/mol. The van der Waals surface area contributed by atoms with Gasteiger partial charge < -0.3 is 15.2 Å². The lowest BCUT2D eigenvalue weighted by atomic mass is 9.86. The largest absolute Gasteiger partial charge is 0.481 e. The van der Waals surface area contributed by atoms with Crippen molar-refractivity contribution in [1.82, 2.24) is 5.32 Å². The van der Waals surface area contributed by atoms with Crippen molar-refractivity contribution < 1.29 is 19.4 Å². The molecule has 2 aliphatic rings. The molecule has 5 nitrogen and oxygen atoms in total. The van der Waals surface area contributed by atoms with Crippen molar-refractivity contribution in [3.8, 4) is 0 Å². The summed E-state index contributed by atoms with van der Waals surface area (Å²) < 4.78 is 5.12. The number of carbonyl (C=O) groups excluding carboxylic acids is 1. The van der Waals surface area contributed by atoms with Gasteiger partial charge in [-0.15, -0.1) is 0 Å². The molecule has 108 valence electrons. The second-order valence-corrected chi connectivity index (χ2v) is 5.75. The molecule has 0 saturated heterocycles. The van der Waals surface area contributed by atoms with Crippen molar-refractivity contribution in [2.24, 2.45) is 17.8 Å². The SMILES string of the molecule is O=C(O)CCOCCNC(=O)CC1CC2CCC1C2. The van der Waals surface area contributed by atoms with Gasteiger partial charge in [-0.05, 0) is 37.0 Å². The van der Waals surface area contributed by atoms with Crippen molar-refractivity contribution in [2.45, 2.75) is 38.5 Å². The van der Waals surface area contributed by atoms with Crippen molar-refractivity contribution in [1.29, 1.82) is 0 Å². The first-order valence-electron chi connectivity index (χ1n) is 7.21. The molecule has 3 atom stereocenters. The van der Waals surface area contributed by atoms with E-state index in [0.29, 0.717) is 25.5 Å². The lowest BCUT2D eigenvalue weighted by molar-refractivity contribution is -0.138. The lowest BCUT2D eigenvalue weighted by Crippen LogP contribution is -2.30. The summed E-state index contributed by atoms with van der Waals surface area (Å²) in [5.41, 5.74) is 0. The van der Waals surface area contributed by atoms with Gasteiger partial charge in [0, 0.05) is 13.0 Å². The number of amides is 1. The molecule has 0 aromatic rings. The van der Waals surface area contributed by atoms with Crippen LogP contribution in [0.2, 0.25) is 0 Å². The lowest BCUT2D eigenvalue weighted by Gasteiger charge is -2.20. The molecule has 0 heterocycles. The number of hydrogen-bond donors (Lipinski definition) is 2. The minimum Gasteiger partial charge on any atom is -0.481 e. The number of carboxylic acid groups (broad SMARTS) is 1. The molecule has 1 amide bonds. The number of rotatable bonds is 8. The quantitative estimate of drug-likeness (QED) is 0.653. The monoisotopic (exact) mass is 269 g/mol. The summed E-state index contributed by atoms with van der Waals surface area (Å²) in [6, 6.07) is 0. The molecule has 0 radical (unpaired) electrons. The van der Waals surface area contributed by atoms with Gasteiger partial charge in [-0.3, -0.25) is 9.59 Å². The summed E-state index contributed by atoms with van der Waals surface area (Å²) >= 11 is 0. The van der Waals surface area contributed by atoms with Gasteiger partial charge in [-0.1, -0.05) is 6.42 Å². The zero-order valence-corrected chi connectivity index (χ0v) is 11.3. The summed E-state index contributed by atoms with van der Waals surface area (Å²) in [6.07, 6.45) is 5.89. The third kappa shape index (κ3) is 4.49. The standard InChI is InChI=1S/C14H23NO4/c16-13(15-4-6-19-5-3-14(17)18)9-12-8-10-1-2-11(12)7-10/h10-12H,1-9H2,(H,15,16)(H,17,18). The summed E-state index contributed by atoms with van der Waals surface area (Å²) in [5, 5.41) is 11.3. The highest BCUT2D eigenvalue weighted by Crippen LogP contribution is 2.49. The summed E-state index contributed by atoms with van der Waals surface area (Å²) in [5.74, 6) is 1.50. The highest BCUT2D eigenvalue weighted by molar-refractivity contribution is 5.76. The fraction of sp³-hybridized carbons (Fsp3) is 0.857. The average molecular weight is 269 g/mol. The number of carbonyl (C=O) groups is 2. The van der Waals surface area contributed by atoms with Crippen LogP contribution in [0.1, 0.15) is 38.5 Å². The number of aliphatic carboxylic acids is 1. The number of nitrogens with one attached hydrogen (secondary N) is 1. The molecule has 0 aliphatic heterocycles. The third-order valence-corrected chi connectivity index (χ3v) is 4.36. The van der Waals surface area contributed by atoms with Gasteiger partial charge >= 0.3 is 5.97 Å². The highest BCUT2D eigenvalue weighted by atomic mass is 16.5. The van der Waals surface area contributed by atoms with Crippen LogP contribution >= 0.6 is 0 Å². The number of carboxylic acids is 1. The van der Waals surface area contributed by atoms with Crippen LogP contribution in [0.4, 0.5) is 0 Å². The van der Waals surface area contributed by atoms with Gasteiger partial charge in [0.15, 0.2) is 0 Å². The minimum atomic E-state index is -0.861. The van der Waals surface area contributed by atoms with Crippen LogP contribution in [-0.2, 0) is 14.3 Å². The van der Waals surface area contributed by atoms with Crippen molar-refractivity contribution >= 4 is 11.9 Å². The molecule has 5 heteroatoms. The Labute approximate surface area is 113 Å². The van der Waals surface area contributed by atoms with Crippen molar-refractivity contribution in [3.63, 3.8) is 0 Å². The molecule has 2 bridgehead atoms. The molecule has 0 aromatic heterocycles. The maximum atomic E-state index is 11.8. The van der Waals surface area contributed by atoms with Crippen molar-refractivity contribution in [2.75, 3.05) is 19.8 Å². The Balaban J connectivity index is 1.49. The van der Waals surface area contributed by atoms with Crippen LogP contribution in [-0.4, -0.2) is 36.7 Å². The van der Waals surface area contributed by atoms with E-state index in [1.807, 2.05) is 0 Å². The number of fused-ring (bicyclic) bond motifs is 2. The van der Waals surface area contributed by atoms with Gasteiger partial charge in [0.25, 0.3) is 0 Å². The van der Waals surface area contributed by atoms with Gasteiger partial charge in [-0.25, -0.2) is 0 Å². The molecule has 0 aromatic carbocycles. The van der Waals surface area contributed by atoms with Crippen LogP contribution in [0.15, 0.2) is 0 Å². The fourth-order valence-corrected chi connectivity index (χ4v) is 3.46. The first-order valence-corrected chi connectivity index (χ1v) is 7.21. The van der Waals surface area contributed by atoms with Gasteiger partial charge in [0.1, 0.15) is 0 Å². The van der Waals surface area contributed by atoms with Crippen molar-refractivity contribution in [3.05, 3.63) is 0 Å². The fourth-order valence-electron chi connectivity index (χ4n) is 3.46. The second kappa shape index (κ2) is 6.89. The Morgan fingerprint density at radius 2 is 2.05 bits per heavy atom. The van der Waals surface area contributed by atoms with E-state index in [1.165, 1.54) is 25.7 Å². The van der Waals surface area contributed by atoms with E-state index in [-0.39, 0.29) is 18.9 Å². The first-order chi connectivity index (χ1) is 9.15. The Bertz CT molecular complexity index is 331. The maximum absolute atomic E-state index is 11.8. The third-order valence-electron chi connectivity index (χ3n) is 4.36. The zero-order chi connectivity index (χ0) is 13.7. The van der Waals surface area contributed by atoms with E-state index in [1.54, 1.807) is 0 Å². The average Bonchev–Trinajstić information content (AvgIpc) is 2.95. The number of ether oxygens (including phenoxy) is 1. The predicted molar refractivity (Wildman–Crippen MR) is 69.6 cm³/mol. The molecular formula is C14H23NO4. The second-order valence-electron chi connectivity index (χ2n) is 5.75. The van der Waals surface area contributed by atoms with Crippen LogP contribution in [0.3, 0.4) is 0 Å². The van der Waals surface area contributed by atoms with Crippen LogP contribution in [0, 0.1) is 17.8 Å². The highest BCUT2D eigenvalue weighted by Gasteiger charge is 2.39. The Hall–Kier alpha value is -1.10. The smallest absolute Gasteiger partial charge is 0.305 e. The van der Waals surface area contributed by atoms with E-state index in [4.69, 9.17) is 9.84 Å². The Kier molecular flexibility index (Phi) is 5.19. The Morgan fingerprint density at radius 3 is 2.68 bits per heavy atom. The van der Waals surface area contributed by atoms with Crippen LogP contribution in [0.25, 0.3) is 0 Å². The molecule has 2 rings (SSSR count). The van der Waals surface area contributed by atoms with Crippen LogP contribution < -0.4 is 5.32 Å². The molecule has 0 spiro atoms. The maximum Gasteiger partial charge on any atom is 0.305 e. The molecule has 2 aliphatic carbocycles.